The summed E-state index contributed by atoms with van der Waals surface area (Å²) in [4.78, 5) is 46.2. The Morgan fingerprint density at radius 1 is 0.471 bits per heavy atom. The lowest BCUT2D eigenvalue weighted by molar-refractivity contribution is -0.147. The number of phosphoric ester groups is 1. The zero-order valence-corrected chi connectivity index (χ0v) is 44.7. The number of esters is 1. The fourth-order valence-electron chi connectivity index (χ4n) is 7.17. The van der Waals surface area contributed by atoms with Gasteiger partial charge in [-0.25, -0.2) is 9.36 Å². The molecular weight excluding hydrogens is 902 g/mol. The molecule has 0 heterocycles. The van der Waals surface area contributed by atoms with Gasteiger partial charge < -0.3 is 25.2 Å². The number of allylic oxidation sites excluding steroid dienone is 16. The number of rotatable bonds is 50. The van der Waals surface area contributed by atoms with E-state index in [1.54, 1.807) is 0 Å². The van der Waals surface area contributed by atoms with Crippen LogP contribution in [0.2, 0.25) is 0 Å². The molecule has 12 heteroatoms. The number of unbranched alkanes of at least 4 members (excludes halogenated alkanes) is 20. The van der Waals surface area contributed by atoms with E-state index in [1.165, 1.54) is 64.2 Å². The molecule has 0 aromatic carbocycles. The predicted molar refractivity (Wildman–Crippen MR) is 290 cm³/mol. The molecule has 400 valence electrons. The number of aliphatic carboxylic acids is 1. The summed E-state index contributed by atoms with van der Waals surface area (Å²) in [7, 11) is -4.78. The van der Waals surface area contributed by atoms with Gasteiger partial charge in [-0.1, -0.05) is 207 Å². The van der Waals surface area contributed by atoms with Gasteiger partial charge in [0.1, 0.15) is 12.7 Å². The SMILES string of the molecule is CC/C=C\C/C=C\C/C=C\C/C=C\C/C=C\CCCCCCCCCC(=O)NC(COP(=O)(O)OCC(O)COC(=O)CCCCCCCCCCCC/C=C\C/C=C\C/C=C\CCCCC)C(=O)O. The first-order valence-electron chi connectivity index (χ1n) is 27.3. The van der Waals surface area contributed by atoms with E-state index in [4.69, 9.17) is 13.8 Å². The smallest absolute Gasteiger partial charge is 0.472 e. The van der Waals surface area contributed by atoms with Crippen molar-refractivity contribution in [1.29, 1.82) is 0 Å². The number of nitrogens with one attached hydrogen (secondary N) is 1. The van der Waals surface area contributed by atoms with Crippen LogP contribution in [0, 0.1) is 0 Å². The molecule has 0 saturated heterocycles. The Labute approximate surface area is 425 Å². The minimum atomic E-state index is -4.78. The second-order valence-corrected chi connectivity index (χ2v) is 19.5. The molecule has 0 saturated carbocycles. The van der Waals surface area contributed by atoms with Gasteiger partial charge in [-0.05, 0) is 96.3 Å². The lowest BCUT2D eigenvalue weighted by atomic mass is 10.1. The van der Waals surface area contributed by atoms with Crippen LogP contribution in [0.15, 0.2) is 97.2 Å². The van der Waals surface area contributed by atoms with Crippen LogP contribution in [0.3, 0.4) is 0 Å². The van der Waals surface area contributed by atoms with Crippen molar-refractivity contribution in [2.75, 3.05) is 19.8 Å². The van der Waals surface area contributed by atoms with Crippen molar-refractivity contribution in [3.8, 4) is 0 Å². The molecule has 0 aromatic heterocycles. The number of hydrogen-bond donors (Lipinski definition) is 4. The van der Waals surface area contributed by atoms with Crippen molar-refractivity contribution in [2.24, 2.45) is 0 Å². The van der Waals surface area contributed by atoms with Crippen molar-refractivity contribution < 1.29 is 47.8 Å². The van der Waals surface area contributed by atoms with Gasteiger partial charge in [0.05, 0.1) is 13.2 Å². The summed E-state index contributed by atoms with van der Waals surface area (Å²) in [6, 6.07) is -1.56. The number of aliphatic hydroxyl groups is 1. The minimum absolute atomic E-state index is 0.127. The maximum Gasteiger partial charge on any atom is 0.472 e. The van der Waals surface area contributed by atoms with E-state index < -0.39 is 57.6 Å². The average Bonchev–Trinajstić information content (AvgIpc) is 3.34. The van der Waals surface area contributed by atoms with Gasteiger partial charge >= 0.3 is 19.8 Å². The number of carbonyl (C=O) groups excluding carboxylic acids is 2. The third-order valence-electron chi connectivity index (χ3n) is 11.4. The molecule has 0 aliphatic heterocycles. The zero-order valence-electron chi connectivity index (χ0n) is 43.8. The van der Waals surface area contributed by atoms with E-state index >= 15 is 0 Å². The van der Waals surface area contributed by atoms with Crippen LogP contribution >= 0.6 is 7.82 Å². The second kappa shape index (κ2) is 51.7. The summed E-state index contributed by atoms with van der Waals surface area (Å²) in [6.45, 7) is 2.46. The normalized spacial score (nSPS) is 14.2. The quantitative estimate of drug-likeness (QED) is 0.0199. The Bertz CT molecular complexity index is 1550. The minimum Gasteiger partial charge on any atom is -0.480 e. The van der Waals surface area contributed by atoms with Crippen LogP contribution in [-0.4, -0.2) is 64.9 Å². The molecule has 3 unspecified atom stereocenters. The summed E-state index contributed by atoms with van der Waals surface area (Å²) < 4.78 is 27.0. The summed E-state index contributed by atoms with van der Waals surface area (Å²) in [5.74, 6) is -2.40. The van der Waals surface area contributed by atoms with Crippen LogP contribution in [-0.2, 0) is 32.7 Å². The summed E-state index contributed by atoms with van der Waals surface area (Å²) in [6.07, 6.45) is 67.1. The van der Waals surface area contributed by atoms with Gasteiger partial charge in [-0.2, -0.15) is 0 Å². The highest BCUT2D eigenvalue weighted by Crippen LogP contribution is 2.43. The molecule has 0 bridgehead atoms. The number of phosphoric acid groups is 1. The van der Waals surface area contributed by atoms with E-state index in [-0.39, 0.29) is 12.8 Å². The highest BCUT2D eigenvalue weighted by molar-refractivity contribution is 7.47. The first-order chi connectivity index (χ1) is 34.1. The van der Waals surface area contributed by atoms with Crippen LogP contribution in [0.25, 0.3) is 0 Å². The average molecular weight is 1000 g/mol. The second-order valence-electron chi connectivity index (χ2n) is 18.0. The summed E-state index contributed by atoms with van der Waals surface area (Å²) in [5.41, 5.74) is 0. The van der Waals surface area contributed by atoms with Crippen LogP contribution < -0.4 is 5.32 Å². The Morgan fingerprint density at radius 3 is 1.24 bits per heavy atom. The highest BCUT2D eigenvalue weighted by Gasteiger charge is 2.28. The monoisotopic (exact) mass is 1000 g/mol. The van der Waals surface area contributed by atoms with E-state index in [2.05, 4.69) is 116 Å². The Morgan fingerprint density at radius 2 is 0.829 bits per heavy atom. The van der Waals surface area contributed by atoms with Crippen molar-refractivity contribution in [2.45, 2.75) is 231 Å². The standard InChI is InChI=1S/C58H98NO10P/c1-3-5-7-9-11-13-15-17-19-21-23-25-27-29-31-33-35-37-39-41-43-45-47-49-56(61)59-55(58(63)64)53-69-70(65,66)68-52-54(60)51-67-57(62)50-48-46-44-42-40-38-36-34-32-30-28-26-24-22-20-18-16-14-12-10-8-6-4-2/h5,7,11-14,17-20,23-26,29,31,54-55,60H,3-4,6,8-10,15-16,21-22,27-28,30,32-53H2,1-2H3,(H,59,61)(H,63,64)(H,65,66)/b7-5-,13-11-,14-12-,19-17-,20-18-,25-23-,26-24-,31-29-. The molecule has 0 fully saturated rings. The molecule has 11 nitrogen and oxygen atoms in total. The topological polar surface area (TPSA) is 169 Å². The van der Waals surface area contributed by atoms with Gasteiger partial charge in [0.2, 0.25) is 5.91 Å². The molecule has 0 aliphatic rings. The summed E-state index contributed by atoms with van der Waals surface area (Å²) in [5, 5.41) is 22.0. The van der Waals surface area contributed by atoms with E-state index in [0.717, 1.165) is 116 Å². The largest absolute Gasteiger partial charge is 0.480 e. The molecule has 0 aliphatic carbocycles. The molecule has 0 radical (unpaired) electrons. The molecule has 3 atom stereocenters. The van der Waals surface area contributed by atoms with Gasteiger partial charge in [0, 0.05) is 12.8 Å². The molecule has 1 amide bonds. The van der Waals surface area contributed by atoms with Gasteiger partial charge in [-0.3, -0.25) is 18.6 Å². The lowest BCUT2D eigenvalue weighted by Gasteiger charge is -2.18. The number of hydrogen-bond acceptors (Lipinski definition) is 8. The number of aliphatic hydroxyl groups excluding tert-OH is 1. The first kappa shape index (κ1) is 66.4. The summed E-state index contributed by atoms with van der Waals surface area (Å²) >= 11 is 0. The molecular formula is C58H98NO10P. The fraction of sp³-hybridized carbons (Fsp3) is 0.672. The highest BCUT2D eigenvalue weighted by atomic mass is 31.2. The predicted octanol–water partition coefficient (Wildman–Crippen LogP) is 15.6. The Kier molecular flexibility index (Phi) is 49.1. The Balaban J connectivity index is 3.85. The molecule has 0 aromatic rings. The fourth-order valence-corrected chi connectivity index (χ4v) is 7.95. The zero-order chi connectivity index (χ0) is 51.3. The number of amides is 1. The van der Waals surface area contributed by atoms with Crippen LogP contribution in [0.4, 0.5) is 0 Å². The number of ether oxygens (including phenoxy) is 1. The van der Waals surface area contributed by atoms with Crippen molar-refractivity contribution in [3.63, 3.8) is 0 Å². The van der Waals surface area contributed by atoms with E-state index in [1.807, 2.05) is 0 Å². The first-order valence-corrected chi connectivity index (χ1v) is 28.8. The van der Waals surface area contributed by atoms with Gasteiger partial charge in [0.25, 0.3) is 0 Å². The third kappa shape index (κ3) is 50.8. The van der Waals surface area contributed by atoms with E-state index in [9.17, 15) is 34.1 Å². The maximum absolute atomic E-state index is 12.4. The Hall–Kier alpha value is -3.60. The van der Waals surface area contributed by atoms with Crippen molar-refractivity contribution in [1.82, 2.24) is 5.32 Å². The lowest BCUT2D eigenvalue weighted by Crippen LogP contribution is -2.43. The number of carbonyl (C=O) groups is 3. The van der Waals surface area contributed by atoms with Gasteiger partial charge in [-0.15, -0.1) is 0 Å². The maximum atomic E-state index is 12.4. The number of carboxylic acid groups (broad SMARTS) is 1. The molecule has 70 heavy (non-hydrogen) atoms. The van der Waals surface area contributed by atoms with Crippen LogP contribution in [0.5, 0.6) is 0 Å². The van der Waals surface area contributed by atoms with E-state index in [0.29, 0.717) is 12.8 Å². The van der Waals surface area contributed by atoms with Crippen LogP contribution in [0.1, 0.15) is 219 Å². The molecule has 4 N–H and O–H groups in total. The number of carboxylic acids is 1. The van der Waals surface area contributed by atoms with Crippen molar-refractivity contribution >= 4 is 25.7 Å². The molecule has 0 rings (SSSR count). The molecule has 0 spiro atoms. The van der Waals surface area contributed by atoms with Gasteiger partial charge in [0.15, 0.2) is 6.04 Å². The third-order valence-corrected chi connectivity index (χ3v) is 12.3. The van der Waals surface area contributed by atoms with Crippen molar-refractivity contribution in [3.05, 3.63) is 97.2 Å².